The van der Waals surface area contributed by atoms with Crippen LogP contribution in [0.4, 0.5) is 0 Å². The summed E-state index contributed by atoms with van der Waals surface area (Å²) in [5, 5.41) is 2.91. The van der Waals surface area contributed by atoms with E-state index >= 15 is 0 Å². The molecule has 21 heavy (non-hydrogen) atoms. The highest BCUT2D eigenvalue weighted by Gasteiger charge is 2.18. The number of ether oxygens (including phenoxy) is 1. The van der Waals surface area contributed by atoms with Gasteiger partial charge in [-0.2, -0.15) is 0 Å². The number of hydrogen-bond donors (Lipinski definition) is 1. The minimum Gasteiger partial charge on any atom is -0.459 e. The van der Waals surface area contributed by atoms with E-state index in [1.54, 1.807) is 6.26 Å². The van der Waals surface area contributed by atoms with Gasteiger partial charge in [-0.3, -0.25) is 4.79 Å². The summed E-state index contributed by atoms with van der Waals surface area (Å²) in [4.78, 5) is 12.2. The van der Waals surface area contributed by atoms with Crippen LogP contribution in [0.3, 0.4) is 0 Å². The number of amides is 1. The molecular weight excluding hydrogens is 266 g/mol. The zero-order valence-electron chi connectivity index (χ0n) is 11.9. The second-order valence-corrected chi connectivity index (χ2v) is 5.21. The molecule has 1 aromatic carbocycles. The third kappa shape index (κ3) is 3.34. The Kier molecular flexibility index (Phi) is 4.36. The summed E-state index contributed by atoms with van der Waals surface area (Å²) in [6, 6.07) is 11.6. The van der Waals surface area contributed by atoms with Crippen LogP contribution in [0.5, 0.6) is 0 Å². The first-order chi connectivity index (χ1) is 10.3. The predicted molar refractivity (Wildman–Crippen MR) is 80.1 cm³/mol. The third-order valence-corrected chi connectivity index (χ3v) is 3.73. The summed E-state index contributed by atoms with van der Waals surface area (Å²) in [7, 11) is 0. The predicted octanol–water partition coefficient (Wildman–Crippen LogP) is 3.25. The maximum atomic E-state index is 12.2. The number of rotatable bonds is 5. The minimum absolute atomic E-state index is 0.170. The van der Waals surface area contributed by atoms with E-state index in [4.69, 9.17) is 9.15 Å². The summed E-state index contributed by atoms with van der Waals surface area (Å²) >= 11 is 0. The maximum Gasteiger partial charge on any atom is 0.287 e. The fourth-order valence-electron chi connectivity index (χ4n) is 2.63. The number of furan rings is 1. The number of nitrogens with one attached hydrogen (secondary N) is 1. The van der Waals surface area contributed by atoms with Crippen molar-refractivity contribution in [3.05, 3.63) is 48.4 Å². The van der Waals surface area contributed by atoms with Crippen molar-refractivity contribution in [2.45, 2.75) is 25.4 Å². The second kappa shape index (κ2) is 6.59. The van der Waals surface area contributed by atoms with E-state index < -0.39 is 0 Å². The van der Waals surface area contributed by atoms with Crippen molar-refractivity contribution in [2.75, 3.05) is 13.2 Å². The van der Waals surface area contributed by atoms with E-state index in [0.29, 0.717) is 12.3 Å². The average molecular weight is 285 g/mol. The summed E-state index contributed by atoms with van der Waals surface area (Å²) in [6.45, 7) is 1.45. The molecule has 3 rings (SSSR count). The van der Waals surface area contributed by atoms with Crippen LogP contribution in [-0.2, 0) is 4.74 Å². The largest absolute Gasteiger partial charge is 0.459 e. The standard InChI is InChI=1S/C17H19NO3/c19-17(18-10-8-14-7-4-11-20-14)16-15(9-12-21-16)13-5-2-1-3-6-13/h1-3,5-6,9,12,14H,4,7-8,10-11H2,(H,18,19). The molecule has 0 aliphatic carbocycles. The van der Waals surface area contributed by atoms with Gasteiger partial charge in [0.25, 0.3) is 5.91 Å². The molecule has 1 aromatic heterocycles. The Morgan fingerprint density at radius 2 is 2.10 bits per heavy atom. The number of carbonyl (C=O) groups is 1. The monoisotopic (exact) mass is 285 g/mol. The van der Waals surface area contributed by atoms with Gasteiger partial charge in [0.1, 0.15) is 0 Å². The number of carbonyl (C=O) groups excluding carboxylic acids is 1. The van der Waals surface area contributed by atoms with Crippen molar-refractivity contribution < 1.29 is 13.9 Å². The van der Waals surface area contributed by atoms with Crippen LogP contribution in [0, 0.1) is 0 Å². The molecule has 0 radical (unpaired) electrons. The maximum absolute atomic E-state index is 12.2. The SMILES string of the molecule is O=C(NCCC1CCCO1)c1occc1-c1ccccc1. The summed E-state index contributed by atoms with van der Waals surface area (Å²) < 4.78 is 10.9. The van der Waals surface area contributed by atoms with Gasteiger partial charge in [0.05, 0.1) is 12.4 Å². The van der Waals surface area contributed by atoms with Gasteiger partial charge in [-0.25, -0.2) is 0 Å². The quantitative estimate of drug-likeness (QED) is 0.917. The van der Waals surface area contributed by atoms with E-state index in [2.05, 4.69) is 5.32 Å². The van der Waals surface area contributed by atoms with Gasteiger partial charge < -0.3 is 14.5 Å². The van der Waals surface area contributed by atoms with Crippen LogP contribution >= 0.6 is 0 Å². The van der Waals surface area contributed by atoms with E-state index in [9.17, 15) is 4.79 Å². The number of benzene rings is 1. The molecule has 110 valence electrons. The van der Waals surface area contributed by atoms with Gasteiger partial charge in [-0.15, -0.1) is 0 Å². The zero-order valence-corrected chi connectivity index (χ0v) is 11.9. The molecule has 1 aliphatic rings. The van der Waals surface area contributed by atoms with Crippen molar-refractivity contribution >= 4 is 5.91 Å². The van der Waals surface area contributed by atoms with Crippen molar-refractivity contribution in [1.82, 2.24) is 5.32 Å². The van der Waals surface area contributed by atoms with Crippen LogP contribution < -0.4 is 5.32 Å². The van der Waals surface area contributed by atoms with Gasteiger partial charge in [0, 0.05) is 18.7 Å². The third-order valence-electron chi connectivity index (χ3n) is 3.73. The fraction of sp³-hybridized carbons (Fsp3) is 0.353. The molecule has 1 unspecified atom stereocenters. The van der Waals surface area contributed by atoms with Crippen LogP contribution in [0.15, 0.2) is 47.1 Å². The Bertz CT molecular complexity index is 585. The summed E-state index contributed by atoms with van der Waals surface area (Å²) in [5.41, 5.74) is 1.81. The molecule has 2 heterocycles. The Balaban J connectivity index is 1.61. The van der Waals surface area contributed by atoms with E-state index in [0.717, 1.165) is 37.0 Å². The average Bonchev–Trinajstić information content (AvgIpc) is 3.19. The van der Waals surface area contributed by atoms with Gasteiger partial charge in [-0.1, -0.05) is 30.3 Å². The topological polar surface area (TPSA) is 51.5 Å². The van der Waals surface area contributed by atoms with E-state index in [1.165, 1.54) is 0 Å². The van der Waals surface area contributed by atoms with Gasteiger partial charge in [0.15, 0.2) is 5.76 Å². The smallest absolute Gasteiger partial charge is 0.287 e. The van der Waals surface area contributed by atoms with Crippen molar-refractivity contribution in [1.29, 1.82) is 0 Å². The normalized spacial score (nSPS) is 17.8. The molecule has 2 aromatic rings. The molecule has 4 heteroatoms. The Hall–Kier alpha value is -2.07. The Morgan fingerprint density at radius 1 is 1.24 bits per heavy atom. The molecule has 1 atom stereocenters. The van der Waals surface area contributed by atoms with Crippen LogP contribution in [0.2, 0.25) is 0 Å². The first-order valence-electron chi connectivity index (χ1n) is 7.37. The van der Waals surface area contributed by atoms with Crippen LogP contribution in [-0.4, -0.2) is 25.2 Å². The lowest BCUT2D eigenvalue weighted by Gasteiger charge is -2.10. The van der Waals surface area contributed by atoms with Crippen molar-refractivity contribution in [3.63, 3.8) is 0 Å². The highest BCUT2D eigenvalue weighted by atomic mass is 16.5. The lowest BCUT2D eigenvalue weighted by atomic mass is 10.1. The molecule has 1 N–H and O–H groups in total. The highest BCUT2D eigenvalue weighted by Crippen LogP contribution is 2.24. The Morgan fingerprint density at radius 3 is 2.86 bits per heavy atom. The lowest BCUT2D eigenvalue weighted by molar-refractivity contribution is 0.0885. The molecular formula is C17H19NO3. The van der Waals surface area contributed by atoms with Gasteiger partial charge >= 0.3 is 0 Å². The van der Waals surface area contributed by atoms with Crippen molar-refractivity contribution in [3.8, 4) is 11.1 Å². The van der Waals surface area contributed by atoms with Gasteiger partial charge in [0.2, 0.25) is 0 Å². The first-order valence-corrected chi connectivity index (χ1v) is 7.37. The molecule has 1 aliphatic heterocycles. The Labute approximate surface area is 124 Å². The van der Waals surface area contributed by atoms with Crippen LogP contribution in [0.1, 0.15) is 29.8 Å². The molecule has 0 saturated carbocycles. The lowest BCUT2D eigenvalue weighted by Crippen LogP contribution is -2.27. The zero-order chi connectivity index (χ0) is 14.5. The van der Waals surface area contributed by atoms with E-state index in [-0.39, 0.29) is 12.0 Å². The molecule has 1 amide bonds. The number of hydrogen-bond acceptors (Lipinski definition) is 3. The molecule has 4 nitrogen and oxygen atoms in total. The summed E-state index contributed by atoms with van der Waals surface area (Å²) in [5.74, 6) is 0.199. The second-order valence-electron chi connectivity index (χ2n) is 5.21. The van der Waals surface area contributed by atoms with Crippen LogP contribution in [0.25, 0.3) is 11.1 Å². The molecule has 1 saturated heterocycles. The first kappa shape index (κ1) is 13.9. The fourth-order valence-corrected chi connectivity index (χ4v) is 2.63. The van der Waals surface area contributed by atoms with Crippen molar-refractivity contribution in [2.24, 2.45) is 0 Å². The highest BCUT2D eigenvalue weighted by molar-refractivity contribution is 5.98. The molecule has 1 fully saturated rings. The molecule has 0 spiro atoms. The van der Waals surface area contributed by atoms with Gasteiger partial charge in [-0.05, 0) is 30.9 Å². The van der Waals surface area contributed by atoms with E-state index in [1.807, 2.05) is 36.4 Å². The molecule has 0 bridgehead atoms. The summed E-state index contributed by atoms with van der Waals surface area (Å²) in [6.07, 6.45) is 4.90. The minimum atomic E-state index is -0.170.